The second-order valence-corrected chi connectivity index (χ2v) is 14.2. The van der Waals surface area contributed by atoms with Crippen LogP contribution in [0.3, 0.4) is 0 Å². The maximum absolute atomic E-state index is 12.4. The highest BCUT2D eigenvalue weighted by molar-refractivity contribution is 7.86. The highest BCUT2D eigenvalue weighted by Gasteiger charge is 2.65. The van der Waals surface area contributed by atoms with Gasteiger partial charge in [-0.15, -0.1) is 0 Å². The first-order valence-electron chi connectivity index (χ1n) is 11.7. The minimum atomic E-state index is -3.92. The second-order valence-electron chi connectivity index (χ2n) is 11.0. The average Bonchev–Trinajstić information content (AvgIpc) is 3.00. The molecule has 0 heterocycles. The summed E-state index contributed by atoms with van der Waals surface area (Å²) in [5.74, 6) is 0.659. The van der Waals surface area contributed by atoms with Crippen molar-refractivity contribution in [1.82, 2.24) is 0 Å². The van der Waals surface area contributed by atoms with Gasteiger partial charge in [0.2, 0.25) is 0 Å². The fourth-order valence-electron chi connectivity index (χ4n) is 7.91. The Labute approximate surface area is 192 Å². The molecule has 0 aromatic rings. The predicted molar refractivity (Wildman–Crippen MR) is 121 cm³/mol. The maximum Gasteiger partial charge on any atom is 0.265 e. The molecule has 0 aromatic heterocycles. The SMILES string of the molecule is CC[C@H]1CC[C@H]2[C@@H]3[C@@H](OS(C)(=O)=O)[C@@H](OS(C)(=O)=O)C4=CC(=O)CC[C@]4(C)[C@H]3CC[C@]12C. The molecule has 0 radical (unpaired) electrons. The standard InChI is InChI=1S/C23H36O7S2/c1-6-14-7-8-16-19-17(10-12-22(14,16)2)23(3)11-9-15(24)13-18(23)20(29-31(4,25)26)21(19)30-32(5,27)28/h13-14,16-17,19-21H,6-12H2,1-5H3/t14-,16-,17-,19-,20-,21+,22+,23+/m0/s1. The van der Waals surface area contributed by atoms with Crippen LogP contribution in [0.25, 0.3) is 0 Å². The van der Waals surface area contributed by atoms with Crippen LogP contribution >= 0.6 is 0 Å². The molecule has 0 amide bonds. The van der Waals surface area contributed by atoms with Crippen molar-refractivity contribution in [2.24, 2.45) is 34.5 Å². The molecule has 0 spiro atoms. The molecular weight excluding hydrogens is 452 g/mol. The monoisotopic (exact) mass is 488 g/mol. The summed E-state index contributed by atoms with van der Waals surface area (Å²) >= 11 is 0. The zero-order chi connectivity index (χ0) is 23.7. The number of hydrogen-bond acceptors (Lipinski definition) is 7. The van der Waals surface area contributed by atoms with Crippen molar-refractivity contribution < 1.29 is 30.0 Å². The van der Waals surface area contributed by atoms with E-state index in [1.165, 1.54) is 6.08 Å². The van der Waals surface area contributed by atoms with Gasteiger partial charge in [0.05, 0.1) is 12.5 Å². The van der Waals surface area contributed by atoms with Crippen LogP contribution in [-0.2, 0) is 33.4 Å². The lowest BCUT2D eigenvalue weighted by atomic mass is 9.45. The predicted octanol–water partition coefficient (Wildman–Crippen LogP) is 3.45. The summed E-state index contributed by atoms with van der Waals surface area (Å²) in [6, 6.07) is 0. The van der Waals surface area contributed by atoms with Gasteiger partial charge in [-0.2, -0.15) is 16.8 Å². The van der Waals surface area contributed by atoms with Crippen molar-refractivity contribution in [3.8, 4) is 0 Å². The third kappa shape index (κ3) is 4.01. The van der Waals surface area contributed by atoms with Crippen LogP contribution in [0, 0.1) is 34.5 Å². The second kappa shape index (κ2) is 7.89. The molecule has 4 aliphatic rings. The Kier molecular flexibility index (Phi) is 6.00. The average molecular weight is 489 g/mol. The Morgan fingerprint density at radius 3 is 2.22 bits per heavy atom. The van der Waals surface area contributed by atoms with Crippen LogP contribution in [0.4, 0.5) is 0 Å². The summed E-state index contributed by atoms with van der Waals surface area (Å²) in [7, 11) is -7.81. The van der Waals surface area contributed by atoms with Crippen LogP contribution in [-0.4, -0.2) is 47.3 Å². The molecule has 182 valence electrons. The molecule has 0 saturated heterocycles. The van der Waals surface area contributed by atoms with Gasteiger partial charge in [-0.3, -0.25) is 13.2 Å². The molecular formula is C23H36O7S2. The summed E-state index contributed by atoms with van der Waals surface area (Å²) < 4.78 is 60.6. The van der Waals surface area contributed by atoms with E-state index in [9.17, 15) is 21.6 Å². The van der Waals surface area contributed by atoms with E-state index in [-0.39, 0.29) is 29.0 Å². The summed E-state index contributed by atoms with van der Waals surface area (Å²) in [5.41, 5.74) is 0.228. The van der Waals surface area contributed by atoms with Gasteiger partial charge in [0.15, 0.2) is 5.78 Å². The normalized spacial score (nSPS) is 44.4. The number of carbonyl (C=O) groups is 1. The quantitative estimate of drug-likeness (QED) is 0.546. The lowest BCUT2D eigenvalue weighted by Crippen LogP contribution is -2.62. The molecule has 0 bridgehead atoms. The molecule has 7 nitrogen and oxygen atoms in total. The molecule has 0 unspecified atom stereocenters. The lowest BCUT2D eigenvalue weighted by Gasteiger charge is -2.61. The minimum Gasteiger partial charge on any atom is -0.295 e. The fourth-order valence-corrected chi connectivity index (χ4v) is 9.13. The Balaban J connectivity index is 1.90. The molecule has 4 rings (SSSR count). The van der Waals surface area contributed by atoms with E-state index in [2.05, 4.69) is 20.8 Å². The third-order valence-corrected chi connectivity index (χ3v) is 10.4. The number of carbonyl (C=O) groups excluding carboxylic acids is 1. The van der Waals surface area contributed by atoms with Crippen molar-refractivity contribution in [2.45, 2.75) is 77.9 Å². The smallest absolute Gasteiger partial charge is 0.265 e. The largest absolute Gasteiger partial charge is 0.295 e. The van der Waals surface area contributed by atoms with E-state index in [1.54, 1.807) is 0 Å². The third-order valence-electron chi connectivity index (χ3n) is 9.26. The van der Waals surface area contributed by atoms with Crippen LogP contribution in [0.1, 0.15) is 65.7 Å². The van der Waals surface area contributed by atoms with Crippen molar-refractivity contribution in [1.29, 1.82) is 0 Å². The number of ketones is 1. The van der Waals surface area contributed by atoms with Crippen LogP contribution < -0.4 is 0 Å². The topological polar surface area (TPSA) is 104 Å². The summed E-state index contributed by atoms with van der Waals surface area (Å²) in [6.07, 6.45) is 7.51. The van der Waals surface area contributed by atoms with E-state index in [0.717, 1.165) is 44.6 Å². The first-order chi connectivity index (χ1) is 14.7. The molecule has 8 atom stereocenters. The van der Waals surface area contributed by atoms with Gasteiger partial charge in [-0.05, 0) is 78.3 Å². The first-order valence-corrected chi connectivity index (χ1v) is 15.3. The van der Waals surface area contributed by atoms with Crippen LogP contribution in [0.15, 0.2) is 11.6 Å². The van der Waals surface area contributed by atoms with Crippen molar-refractivity contribution in [2.75, 3.05) is 12.5 Å². The summed E-state index contributed by atoms with van der Waals surface area (Å²) in [6.45, 7) is 6.63. The molecule has 32 heavy (non-hydrogen) atoms. The van der Waals surface area contributed by atoms with Gasteiger partial charge in [-0.25, -0.2) is 0 Å². The zero-order valence-electron chi connectivity index (χ0n) is 19.7. The Morgan fingerprint density at radius 2 is 1.62 bits per heavy atom. The molecule has 9 heteroatoms. The molecule has 4 aliphatic carbocycles. The summed E-state index contributed by atoms with van der Waals surface area (Å²) in [5, 5.41) is 0. The van der Waals surface area contributed by atoms with Crippen molar-refractivity contribution in [3.05, 3.63) is 11.6 Å². The van der Waals surface area contributed by atoms with E-state index >= 15 is 0 Å². The number of rotatable bonds is 5. The Morgan fingerprint density at radius 1 is 0.969 bits per heavy atom. The zero-order valence-corrected chi connectivity index (χ0v) is 21.3. The van der Waals surface area contributed by atoms with E-state index in [4.69, 9.17) is 8.37 Å². The minimum absolute atomic E-state index is 0.0622. The van der Waals surface area contributed by atoms with Gasteiger partial charge in [-0.1, -0.05) is 27.2 Å². The molecule has 3 saturated carbocycles. The van der Waals surface area contributed by atoms with Crippen molar-refractivity contribution >= 4 is 26.0 Å². The highest BCUT2D eigenvalue weighted by Crippen LogP contribution is 2.67. The van der Waals surface area contributed by atoms with E-state index in [0.29, 0.717) is 24.3 Å². The van der Waals surface area contributed by atoms with Crippen molar-refractivity contribution in [3.63, 3.8) is 0 Å². The van der Waals surface area contributed by atoms with Gasteiger partial charge >= 0.3 is 0 Å². The Hall–Kier alpha value is -0.770. The van der Waals surface area contributed by atoms with Gasteiger partial charge in [0.1, 0.15) is 12.2 Å². The van der Waals surface area contributed by atoms with E-state index < -0.39 is 37.9 Å². The van der Waals surface area contributed by atoms with Crippen LogP contribution in [0.2, 0.25) is 0 Å². The molecule has 0 aromatic carbocycles. The molecule has 0 aliphatic heterocycles. The maximum atomic E-state index is 12.4. The van der Waals surface area contributed by atoms with Crippen LogP contribution in [0.5, 0.6) is 0 Å². The first kappa shape index (κ1) is 24.4. The Bertz CT molecular complexity index is 1030. The molecule has 3 fully saturated rings. The fraction of sp³-hybridized carbons (Fsp3) is 0.870. The van der Waals surface area contributed by atoms with Gasteiger partial charge < -0.3 is 0 Å². The highest BCUT2D eigenvalue weighted by atomic mass is 32.2. The summed E-state index contributed by atoms with van der Waals surface area (Å²) in [4.78, 5) is 12.4. The lowest BCUT2D eigenvalue weighted by molar-refractivity contribution is -0.136. The number of hydrogen-bond donors (Lipinski definition) is 0. The van der Waals surface area contributed by atoms with E-state index in [1.807, 2.05) is 0 Å². The molecule has 0 N–H and O–H groups in total. The van der Waals surface area contributed by atoms with Gasteiger partial charge in [0, 0.05) is 6.42 Å². The number of fused-ring (bicyclic) bond motifs is 5. The van der Waals surface area contributed by atoms with Gasteiger partial charge in [0.25, 0.3) is 20.2 Å².